The summed E-state index contributed by atoms with van der Waals surface area (Å²) >= 11 is 0. The summed E-state index contributed by atoms with van der Waals surface area (Å²) in [5.74, 6) is 1.77. The molecule has 1 saturated heterocycles. The highest BCUT2D eigenvalue weighted by Gasteiger charge is 2.16. The fourth-order valence-corrected chi connectivity index (χ4v) is 2.86. The maximum absolute atomic E-state index is 5.94. The third-order valence-corrected chi connectivity index (χ3v) is 4.50. The minimum absolute atomic E-state index is 0.223. The zero-order chi connectivity index (χ0) is 17.5. The van der Waals surface area contributed by atoms with E-state index >= 15 is 0 Å². The number of aryl methyl sites for hydroxylation is 2. The van der Waals surface area contributed by atoms with E-state index in [9.17, 15) is 0 Å². The van der Waals surface area contributed by atoms with E-state index in [4.69, 9.17) is 14.2 Å². The molecule has 2 aromatic carbocycles. The second-order valence-corrected chi connectivity index (χ2v) is 6.46. The summed E-state index contributed by atoms with van der Waals surface area (Å²) in [6, 6.07) is 14.2. The van der Waals surface area contributed by atoms with Crippen LogP contribution in [0.1, 0.15) is 24.0 Å². The Balaban J connectivity index is 1.46. The molecular weight excluding hydrogens is 314 g/mol. The van der Waals surface area contributed by atoms with Crippen molar-refractivity contribution >= 4 is 5.69 Å². The first-order valence-corrected chi connectivity index (χ1v) is 9.00. The molecule has 0 saturated carbocycles. The Morgan fingerprint density at radius 3 is 2.76 bits per heavy atom. The molecule has 25 heavy (non-hydrogen) atoms. The molecular formula is C21H27NO3. The lowest BCUT2D eigenvalue weighted by Crippen LogP contribution is -2.17. The number of nitrogens with one attached hydrogen (secondary N) is 1. The van der Waals surface area contributed by atoms with Crippen molar-refractivity contribution in [1.29, 1.82) is 0 Å². The van der Waals surface area contributed by atoms with Gasteiger partial charge in [-0.2, -0.15) is 0 Å². The monoisotopic (exact) mass is 341 g/mol. The van der Waals surface area contributed by atoms with Gasteiger partial charge in [-0.05, 0) is 62.1 Å². The smallest absolute Gasteiger partial charge is 0.142 e. The lowest BCUT2D eigenvalue weighted by atomic mass is 10.1. The van der Waals surface area contributed by atoms with Crippen LogP contribution in [0, 0.1) is 13.8 Å². The van der Waals surface area contributed by atoms with Gasteiger partial charge in [0.15, 0.2) is 0 Å². The van der Waals surface area contributed by atoms with E-state index in [0.29, 0.717) is 19.8 Å². The molecule has 4 nitrogen and oxygen atoms in total. The normalized spacial score (nSPS) is 16.6. The zero-order valence-electron chi connectivity index (χ0n) is 15.1. The first kappa shape index (κ1) is 17.6. The van der Waals surface area contributed by atoms with Gasteiger partial charge in [-0.15, -0.1) is 0 Å². The Kier molecular flexibility index (Phi) is 6.18. The molecule has 0 radical (unpaired) electrons. The van der Waals surface area contributed by atoms with Crippen LogP contribution in [0.2, 0.25) is 0 Å². The van der Waals surface area contributed by atoms with Gasteiger partial charge in [-0.25, -0.2) is 0 Å². The van der Waals surface area contributed by atoms with E-state index in [-0.39, 0.29) is 6.10 Å². The minimum atomic E-state index is 0.223. The molecule has 1 N–H and O–H groups in total. The molecule has 4 heteroatoms. The largest absolute Gasteiger partial charge is 0.492 e. The van der Waals surface area contributed by atoms with Gasteiger partial charge in [-0.3, -0.25) is 0 Å². The summed E-state index contributed by atoms with van der Waals surface area (Å²) in [6.45, 7) is 6.98. The molecule has 1 aliphatic rings. The van der Waals surface area contributed by atoms with Crippen molar-refractivity contribution < 1.29 is 14.2 Å². The second-order valence-electron chi connectivity index (χ2n) is 6.46. The quantitative estimate of drug-likeness (QED) is 0.725. The SMILES string of the molecule is Cc1ccc(OCCNc2ccccc2OCC2CCCO2)cc1C. The first-order valence-electron chi connectivity index (χ1n) is 9.00. The summed E-state index contributed by atoms with van der Waals surface area (Å²) in [5, 5.41) is 3.39. The molecule has 134 valence electrons. The van der Waals surface area contributed by atoms with Crippen LogP contribution in [0.25, 0.3) is 0 Å². The molecule has 0 spiro atoms. The third-order valence-electron chi connectivity index (χ3n) is 4.50. The molecule has 1 aliphatic heterocycles. The summed E-state index contributed by atoms with van der Waals surface area (Å²) in [4.78, 5) is 0. The number of benzene rings is 2. The lowest BCUT2D eigenvalue weighted by molar-refractivity contribution is 0.0682. The van der Waals surface area contributed by atoms with Crippen LogP contribution < -0.4 is 14.8 Å². The molecule has 1 unspecified atom stereocenters. The Morgan fingerprint density at radius 2 is 1.96 bits per heavy atom. The predicted molar refractivity (Wildman–Crippen MR) is 101 cm³/mol. The van der Waals surface area contributed by atoms with E-state index in [2.05, 4.69) is 31.3 Å². The zero-order valence-corrected chi connectivity index (χ0v) is 15.1. The third kappa shape index (κ3) is 5.13. The number of rotatable bonds is 8. The average molecular weight is 341 g/mol. The summed E-state index contributed by atoms with van der Waals surface area (Å²) in [7, 11) is 0. The van der Waals surface area contributed by atoms with Crippen molar-refractivity contribution in [1.82, 2.24) is 0 Å². The number of hydrogen-bond acceptors (Lipinski definition) is 4. The van der Waals surface area contributed by atoms with Crippen LogP contribution in [-0.4, -0.2) is 32.5 Å². The number of ether oxygens (including phenoxy) is 3. The molecule has 0 aliphatic carbocycles. The molecule has 1 heterocycles. The lowest BCUT2D eigenvalue weighted by Gasteiger charge is -2.16. The van der Waals surface area contributed by atoms with Gasteiger partial charge < -0.3 is 19.5 Å². The van der Waals surface area contributed by atoms with Gasteiger partial charge in [0, 0.05) is 13.2 Å². The van der Waals surface area contributed by atoms with E-state index in [0.717, 1.165) is 36.6 Å². The fourth-order valence-electron chi connectivity index (χ4n) is 2.86. The van der Waals surface area contributed by atoms with E-state index < -0.39 is 0 Å². The van der Waals surface area contributed by atoms with Gasteiger partial charge in [0.05, 0.1) is 11.8 Å². The van der Waals surface area contributed by atoms with Crippen LogP contribution in [0.3, 0.4) is 0 Å². The molecule has 1 fully saturated rings. The minimum Gasteiger partial charge on any atom is -0.492 e. The Hall–Kier alpha value is -2.20. The summed E-state index contributed by atoms with van der Waals surface area (Å²) < 4.78 is 17.4. The Morgan fingerprint density at radius 1 is 1.08 bits per heavy atom. The van der Waals surface area contributed by atoms with E-state index in [1.54, 1.807) is 0 Å². The van der Waals surface area contributed by atoms with E-state index in [1.807, 2.05) is 30.3 Å². The van der Waals surface area contributed by atoms with Gasteiger partial charge in [0.1, 0.15) is 24.7 Å². The molecule has 0 amide bonds. The number of hydrogen-bond donors (Lipinski definition) is 1. The number of anilines is 1. The van der Waals surface area contributed by atoms with Crippen LogP contribution in [0.5, 0.6) is 11.5 Å². The van der Waals surface area contributed by atoms with Crippen molar-refractivity contribution in [2.75, 3.05) is 31.7 Å². The van der Waals surface area contributed by atoms with Crippen molar-refractivity contribution in [3.05, 3.63) is 53.6 Å². The van der Waals surface area contributed by atoms with Crippen LogP contribution in [-0.2, 0) is 4.74 Å². The van der Waals surface area contributed by atoms with Crippen molar-refractivity contribution in [2.45, 2.75) is 32.8 Å². The molecule has 1 atom stereocenters. The van der Waals surface area contributed by atoms with Gasteiger partial charge in [0.2, 0.25) is 0 Å². The van der Waals surface area contributed by atoms with Crippen molar-refractivity contribution in [3.8, 4) is 11.5 Å². The molecule has 0 aromatic heterocycles. The highest BCUT2D eigenvalue weighted by molar-refractivity contribution is 5.56. The molecule has 0 bridgehead atoms. The maximum atomic E-state index is 5.94. The van der Waals surface area contributed by atoms with Crippen LogP contribution >= 0.6 is 0 Å². The topological polar surface area (TPSA) is 39.7 Å². The van der Waals surface area contributed by atoms with E-state index in [1.165, 1.54) is 11.1 Å². The van der Waals surface area contributed by atoms with Crippen LogP contribution in [0.4, 0.5) is 5.69 Å². The van der Waals surface area contributed by atoms with Crippen LogP contribution in [0.15, 0.2) is 42.5 Å². The maximum Gasteiger partial charge on any atom is 0.142 e. The van der Waals surface area contributed by atoms with Gasteiger partial charge in [0.25, 0.3) is 0 Å². The van der Waals surface area contributed by atoms with Crippen molar-refractivity contribution in [2.24, 2.45) is 0 Å². The average Bonchev–Trinajstić information content (AvgIpc) is 3.14. The van der Waals surface area contributed by atoms with Gasteiger partial charge in [-0.1, -0.05) is 18.2 Å². The number of para-hydroxylation sites is 2. The molecule has 3 rings (SSSR count). The standard InChI is InChI=1S/C21H27NO3/c1-16-9-10-18(14-17(16)2)24-13-11-22-20-7-3-4-8-21(20)25-15-19-6-5-12-23-19/h3-4,7-10,14,19,22H,5-6,11-13,15H2,1-2H3. The second kappa shape index (κ2) is 8.77. The molecule has 2 aromatic rings. The highest BCUT2D eigenvalue weighted by atomic mass is 16.5. The van der Waals surface area contributed by atoms with Gasteiger partial charge >= 0.3 is 0 Å². The predicted octanol–water partition coefficient (Wildman–Crippen LogP) is 4.35. The first-order chi connectivity index (χ1) is 12.2. The highest BCUT2D eigenvalue weighted by Crippen LogP contribution is 2.25. The summed E-state index contributed by atoms with van der Waals surface area (Å²) in [5.41, 5.74) is 3.52. The Labute approximate surface area is 150 Å². The summed E-state index contributed by atoms with van der Waals surface area (Å²) in [6.07, 6.45) is 2.43. The Bertz CT molecular complexity index is 681. The fraction of sp³-hybridized carbons (Fsp3) is 0.429. The van der Waals surface area contributed by atoms with Crippen molar-refractivity contribution in [3.63, 3.8) is 0 Å².